The van der Waals surface area contributed by atoms with Crippen LogP contribution in [0.1, 0.15) is 49.5 Å². The molecule has 5 heteroatoms. The van der Waals surface area contributed by atoms with Gasteiger partial charge in [-0.15, -0.1) is 0 Å². The van der Waals surface area contributed by atoms with Crippen LogP contribution in [0.2, 0.25) is 0 Å². The molecule has 5 nitrogen and oxygen atoms in total. The Bertz CT molecular complexity index is 534. The second-order valence-electron chi connectivity index (χ2n) is 3.88. The average molecular weight is 233 g/mol. The maximum Gasteiger partial charge on any atom is 0.336 e. The third kappa shape index (κ3) is 1.74. The maximum absolute atomic E-state index is 11.8. The van der Waals surface area contributed by atoms with Crippen molar-refractivity contribution in [3.8, 4) is 0 Å². The summed E-state index contributed by atoms with van der Waals surface area (Å²) in [5.41, 5.74) is 6.13. The molecule has 0 spiro atoms. The predicted molar refractivity (Wildman–Crippen MR) is 59.2 cm³/mol. The van der Waals surface area contributed by atoms with E-state index in [2.05, 4.69) is 0 Å². The average Bonchev–Trinajstić information content (AvgIpc) is 2.32. The van der Waals surface area contributed by atoms with Crippen molar-refractivity contribution in [3.63, 3.8) is 0 Å². The van der Waals surface area contributed by atoms with Gasteiger partial charge >= 0.3 is 5.97 Å². The lowest BCUT2D eigenvalue weighted by atomic mass is 9.83. The molecule has 2 rings (SSSR count). The minimum atomic E-state index is -1.20. The van der Waals surface area contributed by atoms with E-state index in [1.165, 1.54) is 12.1 Å². The molecule has 0 atom stereocenters. The Morgan fingerprint density at radius 2 is 1.76 bits per heavy atom. The molecule has 0 heterocycles. The van der Waals surface area contributed by atoms with E-state index in [9.17, 15) is 14.4 Å². The summed E-state index contributed by atoms with van der Waals surface area (Å²) in [6.45, 7) is 0.112. The van der Waals surface area contributed by atoms with E-state index in [0.29, 0.717) is 5.56 Å². The lowest BCUT2D eigenvalue weighted by Gasteiger charge is -2.18. The summed E-state index contributed by atoms with van der Waals surface area (Å²) in [6, 6.07) is 2.83. The van der Waals surface area contributed by atoms with Gasteiger partial charge in [0.2, 0.25) is 0 Å². The second-order valence-corrected chi connectivity index (χ2v) is 3.88. The Hall–Kier alpha value is -2.01. The van der Waals surface area contributed by atoms with Gasteiger partial charge in [-0.3, -0.25) is 9.59 Å². The molecule has 0 fully saturated rings. The van der Waals surface area contributed by atoms with E-state index in [4.69, 9.17) is 10.8 Å². The Labute approximate surface area is 97.2 Å². The van der Waals surface area contributed by atoms with E-state index >= 15 is 0 Å². The van der Waals surface area contributed by atoms with Crippen LogP contribution in [0.15, 0.2) is 12.1 Å². The van der Waals surface area contributed by atoms with Crippen LogP contribution < -0.4 is 5.73 Å². The van der Waals surface area contributed by atoms with Gasteiger partial charge in [0, 0.05) is 30.5 Å². The SMILES string of the molecule is NCc1ccc(C(=O)O)c2c1C(=O)CCC2=O. The van der Waals surface area contributed by atoms with Crippen LogP contribution >= 0.6 is 0 Å². The third-order valence-corrected chi connectivity index (χ3v) is 2.88. The Balaban J connectivity index is 2.79. The highest BCUT2D eigenvalue weighted by molar-refractivity contribution is 6.18. The standard InChI is InChI=1S/C12H11NO4/c13-5-6-1-2-7(12(16)17)11-9(15)4-3-8(14)10(6)11/h1-2H,3-5,13H2,(H,16,17). The molecule has 0 radical (unpaired) electrons. The van der Waals surface area contributed by atoms with Crippen LogP contribution in [-0.2, 0) is 6.54 Å². The number of carboxylic acids is 1. The number of rotatable bonds is 2. The number of hydrogen-bond acceptors (Lipinski definition) is 4. The number of aromatic carboxylic acids is 1. The van der Waals surface area contributed by atoms with E-state index in [1.54, 1.807) is 0 Å². The van der Waals surface area contributed by atoms with E-state index in [-0.39, 0.29) is 47.6 Å². The number of hydrogen-bond donors (Lipinski definition) is 2. The molecule has 1 aromatic rings. The smallest absolute Gasteiger partial charge is 0.336 e. The van der Waals surface area contributed by atoms with Crippen molar-refractivity contribution in [2.45, 2.75) is 19.4 Å². The fourth-order valence-corrected chi connectivity index (χ4v) is 2.08. The van der Waals surface area contributed by atoms with E-state index in [1.807, 2.05) is 0 Å². The largest absolute Gasteiger partial charge is 0.478 e. The van der Waals surface area contributed by atoms with Gasteiger partial charge < -0.3 is 10.8 Å². The van der Waals surface area contributed by atoms with Crippen molar-refractivity contribution in [3.05, 3.63) is 34.4 Å². The van der Waals surface area contributed by atoms with Gasteiger partial charge in [0.15, 0.2) is 11.6 Å². The zero-order valence-electron chi connectivity index (χ0n) is 9.03. The lowest BCUT2D eigenvalue weighted by molar-refractivity contribution is 0.0691. The molecule has 1 aromatic carbocycles. The number of carboxylic acid groups (broad SMARTS) is 1. The monoisotopic (exact) mass is 233 g/mol. The quantitative estimate of drug-likeness (QED) is 0.794. The van der Waals surface area contributed by atoms with Gasteiger partial charge in [-0.25, -0.2) is 4.79 Å². The number of fused-ring (bicyclic) bond motifs is 1. The molecule has 0 bridgehead atoms. The summed E-state index contributed by atoms with van der Waals surface area (Å²) in [4.78, 5) is 34.6. The van der Waals surface area contributed by atoms with Gasteiger partial charge in [-0.05, 0) is 11.6 Å². The zero-order valence-corrected chi connectivity index (χ0v) is 9.03. The summed E-state index contributed by atoms with van der Waals surface area (Å²) < 4.78 is 0. The molecule has 88 valence electrons. The molecule has 0 amide bonds. The lowest BCUT2D eigenvalue weighted by Crippen LogP contribution is -2.23. The first-order valence-electron chi connectivity index (χ1n) is 5.22. The molecular weight excluding hydrogens is 222 g/mol. The van der Waals surface area contributed by atoms with Gasteiger partial charge in [0.1, 0.15) is 0 Å². The highest BCUT2D eigenvalue weighted by Gasteiger charge is 2.30. The summed E-state index contributed by atoms with van der Waals surface area (Å²) in [5.74, 6) is -1.71. The first kappa shape index (κ1) is 11.5. The van der Waals surface area contributed by atoms with Crippen molar-refractivity contribution in [1.82, 2.24) is 0 Å². The second kappa shape index (κ2) is 4.10. The van der Waals surface area contributed by atoms with E-state index < -0.39 is 5.97 Å². The van der Waals surface area contributed by atoms with Crippen LogP contribution in [0.25, 0.3) is 0 Å². The van der Waals surface area contributed by atoms with Crippen molar-refractivity contribution in [1.29, 1.82) is 0 Å². The summed E-state index contributed by atoms with van der Waals surface area (Å²) in [6.07, 6.45) is 0.196. The molecule has 0 unspecified atom stereocenters. The Morgan fingerprint density at radius 3 is 2.29 bits per heavy atom. The number of nitrogens with two attached hydrogens (primary N) is 1. The topological polar surface area (TPSA) is 97.5 Å². The van der Waals surface area contributed by atoms with Crippen LogP contribution in [-0.4, -0.2) is 22.6 Å². The predicted octanol–water partition coefficient (Wildman–Crippen LogP) is 1.00. The van der Waals surface area contributed by atoms with Gasteiger partial charge in [-0.1, -0.05) is 6.07 Å². The number of ketones is 2. The third-order valence-electron chi connectivity index (χ3n) is 2.88. The molecule has 0 saturated carbocycles. The Morgan fingerprint density at radius 1 is 1.18 bits per heavy atom. The van der Waals surface area contributed by atoms with Gasteiger partial charge in [0.05, 0.1) is 5.56 Å². The van der Waals surface area contributed by atoms with Crippen molar-refractivity contribution in [2.24, 2.45) is 5.73 Å². The first-order valence-corrected chi connectivity index (χ1v) is 5.22. The molecule has 1 aliphatic rings. The molecule has 0 aliphatic heterocycles. The van der Waals surface area contributed by atoms with Crippen molar-refractivity contribution >= 4 is 17.5 Å². The highest BCUT2D eigenvalue weighted by Crippen LogP contribution is 2.27. The molecule has 3 N–H and O–H groups in total. The highest BCUT2D eigenvalue weighted by atomic mass is 16.4. The molecule has 0 saturated heterocycles. The van der Waals surface area contributed by atoms with Crippen LogP contribution in [0.3, 0.4) is 0 Å². The van der Waals surface area contributed by atoms with Gasteiger partial charge in [-0.2, -0.15) is 0 Å². The molecule has 17 heavy (non-hydrogen) atoms. The number of Topliss-reactive ketones (excluding diaryl/α,β-unsaturated/α-hetero) is 2. The van der Waals surface area contributed by atoms with Crippen LogP contribution in [0.4, 0.5) is 0 Å². The van der Waals surface area contributed by atoms with Gasteiger partial charge in [0.25, 0.3) is 0 Å². The normalized spacial score (nSPS) is 14.6. The van der Waals surface area contributed by atoms with Crippen LogP contribution in [0, 0.1) is 0 Å². The number of carbonyl (C=O) groups is 3. The number of carbonyl (C=O) groups excluding carboxylic acids is 2. The fraction of sp³-hybridized carbons (Fsp3) is 0.250. The Kier molecular flexibility index (Phi) is 2.77. The number of benzene rings is 1. The van der Waals surface area contributed by atoms with Crippen LogP contribution in [0.5, 0.6) is 0 Å². The minimum Gasteiger partial charge on any atom is -0.478 e. The molecular formula is C12H11NO4. The molecule has 1 aliphatic carbocycles. The zero-order chi connectivity index (χ0) is 12.6. The van der Waals surface area contributed by atoms with Crippen molar-refractivity contribution in [2.75, 3.05) is 0 Å². The maximum atomic E-state index is 11.8. The minimum absolute atomic E-state index is 0.0247. The summed E-state index contributed by atoms with van der Waals surface area (Å²) >= 11 is 0. The summed E-state index contributed by atoms with van der Waals surface area (Å²) in [5, 5.41) is 9.01. The van der Waals surface area contributed by atoms with E-state index in [0.717, 1.165) is 0 Å². The van der Waals surface area contributed by atoms with Crippen molar-refractivity contribution < 1.29 is 19.5 Å². The fourth-order valence-electron chi connectivity index (χ4n) is 2.08. The summed E-state index contributed by atoms with van der Waals surface area (Å²) in [7, 11) is 0. The molecule has 0 aromatic heterocycles. The first-order chi connectivity index (χ1) is 8.06.